The van der Waals surface area contributed by atoms with Crippen LogP contribution in [0.3, 0.4) is 0 Å². The summed E-state index contributed by atoms with van der Waals surface area (Å²) in [6.45, 7) is 7.25. The van der Waals surface area contributed by atoms with Gasteiger partial charge >= 0.3 is 0 Å². The lowest BCUT2D eigenvalue weighted by Crippen LogP contribution is -2.37. The zero-order chi connectivity index (χ0) is 30.0. The normalized spacial score (nSPS) is 12.0. The molecule has 0 aliphatic rings. The molecule has 0 saturated carbocycles. The molecule has 0 unspecified atom stereocenters. The lowest BCUT2D eigenvalue weighted by molar-refractivity contribution is 1.18. The summed E-state index contributed by atoms with van der Waals surface area (Å²) in [5.74, 6) is 0. The van der Waals surface area contributed by atoms with Gasteiger partial charge in [-0.15, -0.1) is 0 Å². The first-order valence-corrected chi connectivity index (χ1v) is 18.6. The number of benzene rings is 6. The average Bonchev–Trinajstić information content (AvgIpc) is 3.56. The summed E-state index contributed by atoms with van der Waals surface area (Å²) in [6, 6.07) is 50.2. The Balaban J connectivity index is 1.35. The molecule has 0 bridgehead atoms. The van der Waals surface area contributed by atoms with Gasteiger partial charge in [0.1, 0.15) is 0 Å². The molecular weight excluding hydrogens is 551 g/mol. The smallest absolute Gasteiger partial charge is 0.0991 e. The summed E-state index contributed by atoms with van der Waals surface area (Å²) < 4.78 is 4.70. The Hall–Kier alpha value is -5.37. The monoisotopic (exact) mass is 581 g/mol. The average molecular weight is 582 g/mol. The van der Waals surface area contributed by atoms with Gasteiger partial charge in [0, 0.05) is 32.9 Å². The van der Waals surface area contributed by atoms with Gasteiger partial charge in [-0.2, -0.15) is 5.26 Å². The molecule has 0 atom stereocenters. The second-order valence-electron chi connectivity index (χ2n) is 12.6. The van der Waals surface area contributed by atoms with Crippen LogP contribution in [0.1, 0.15) is 5.56 Å². The number of aromatic nitrogens is 2. The van der Waals surface area contributed by atoms with Gasteiger partial charge in [0.15, 0.2) is 0 Å². The Morgan fingerprint density at radius 3 is 1.59 bits per heavy atom. The fraction of sp³-hybridized carbons (Fsp3) is 0.0750. The molecule has 0 amide bonds. The van der Waals surface area contributed by atoms with Crippen LogP contribution in [0.25, 0.3) is 66.1 Å². The van der Waals surface area contributed by atoms with E-state index >= 15 is 0 Å². The second-order valence-corrected chi connectivity index (χ2v) is 17.7. The predicted molar refractivity (Wildman–Crippen MR) is 188 cm³/mol. The number of hydrogen-bond acceptors (Lipinski definition) is 1. The van der Waals surface area contributed by atoms with E-state index in [2.05, 4.69) is 144 Å². The first-order chi connectivity index (χ1) is 21.4. The quantitative estimate of drug-likeness (QED) is 0.190. The molecule has 0 spiro atoms. The highest BCUT2D eigenvalue weighted by atomic mass is 28.3. The van der Waals surface area contributed by atoms with Crippen molar-refractivity contribution >= 4 is 56.9 Å². The minimum absolute atomic E-state index is 0.665. The van der Waals surface area contributed by atoms with Gasteiger partial charge in [0.05, 0.1) is 41.8 Å². The van der Waals surface area contributed by atoms with E-state index in [0.29, 0.717) is 5.56 Å². The molecule has 210 valence electrons. The maximum Gasteiger partial charge on any atom is 0.0991 e. The van der Waals surface area contributed by atoms with Crippen LogP contribution in [0.15, 0.2) is 133 Å². The molecule has 0 radical (unpaired) electrons. The van der Waals surface area contributed by atoms with Crippen molar-refractivity contribution in [3.63, 3.8) is 0 Å². The molecule has 2 aromatic heterocycles. The van der Waals surface area contributed by atoms with Crippen LogP contribution in [0.2, 0.25) is 19.6 Å². The third-order valence-corrected chi connectivity index (χ3v) is 10.9. The van der Waals surface area contributed by atoms with Gasteiger partial charge in [0.2, 0.25) is 0 Å². The van der Waals surface area contributed by atoms with Crippen molar-refractivity contribution in [3.05, 3.63) is 139 Å². The number of nitriles is 1. The topological polar surface area (TPSA) is 33.6 Å². The third kappa shape index (κ3) is 4.09. The van der Waals surface area contributed by atoms with E-state index in [4.69, 9.17) is 0 Å². The van der Waals surface area contributed by atoms with Gasteiger partial charge in [-0.3, -0.25) is 0 Å². The van der Waals surface area contributed by atoms with Crippen molar-refractivity contribution in [1.29, 1.82) is 5.26 Å². The van der Waals surface area contributed by atoms with Crippen molar-refractivity contribution in [1.82, 2.24) is 9.13 Å². The standard InChI is InChI=1S/C40H31N3Si/c1-44(2,3)32-19-22-40-36(25-32)35-24-29(16-21-39(35)42(40)30-9-5-4-6-10-30)28-15-20-38-34(23-28)33-11-7-8-12-37(33)43(38)31-17-13-27(26-41)14-18-31/h4-25H,1-3H3. The highest BCUT2D eigenvalue weighted by Crippen LogP contribution is 2.38. The van der Waals surface area contributed by atoms with E-state index in [-0.39, 0.29) is 0 Å². The van der Waals surface area contributed by atoms with Crippen LogP contribution in [0.4, 0.5) is 0 Å². The van der Waals surface area contributed by atoms with Gasteiger partial charge in [0.25, 0.3) is 0 Å². The van der Waals surface area contributed by atoms with E-state index in [1.54, 1.807) is 0 Å². The van der Waals surface area contributed by atoms with Crippen molar-refractivity contribution < 1.29 is 0 Å². The number of rotatable bonds is 4. The Kier molecular flexibility index (Phi) is 5.87. The zero-order valence-electron chi connectivity index (χ0n) is 25.0. The number of hydrogen-bond donors (Lipinski definition) is 0. The summed E-state index contributed by atoms with van der Waals surface area (Å²) >= 11 is 0. The highest BCUT2D eigenvalue weighted by Gasteiger charge is 2.20. The molecule has 44 heavy (non-hydrogen) atoms. The molecule has 8 rings (SSSR count). The summed E-state index contributed by atoms with van der Waals surface area (Å²) in [5.41, 5.74) is 10.1. The molecule has 2 heterocycles. The zero-order valence-corrected chi connectivity index (χ0v) is 26.0. The van der Waals surface area contributed by atoms with Gasteiger partial charge in [-0.25, -0.2) is 0 Å². The number of fused-ring (bicyclic) bond motifs is 6. The van der Waals surface area contributed by atoms with Crippen LogP contribution in [0.5, 0.6) is 0 Å². The minimum atomic E-state index is -1.50. The van der Waals surface area contributed by atoms with Gasteiger partial charge < -0.3 is 9.13 Å². The van der Waals surface area contributed by atoms with Crippen LogP contribution >= 0.6 is 0 Å². The summed E-state index contributed by atoms with van der Waals surface area (Å²) in [5, 5.41) is 15.8. The first-order valence-electron chi connectivity index (χ1n) is 15.1. The maximum absolute atomic E-state index is 9.32. The fourth-order valence-electron chi connectivity index (χ4n) is 6.64. The first kappa shape index (κ1) is 26.3. The molecule has 8 aromatic rings. The fourth-order valence-corrected chi connectivity index (χ4v) is 7.80. The van der Waals surface area contributed by atoms with Gasteiger partial charge in [-0.1, -0.05) is 85.5 Å². The van der Waals surface area contributed by atoms with Crippen molar-refractivity contribution in [2.45, 2.75) is 19.6 Å². The lowest BCUT2D eigenvalue weighted by Gasteiger charge is -2.17. The Labute approximate surface area is 257 Å². The molecule has 0 aliphatic heterocycles. The van der Waals surface area contributed by atoms with Crippen LogP contribution in [0, 0.1) is 11.3 Å². The molecule has 3 nitrogen and oxygen atoms in total. The van der Waals surface area contributed by atoms with E-state index in [1.165, 1.54) is 54.6 Å². The van der Waals surface area contributed by atoms with E-state index in [1.807, 2.05) is 24.3 Å². The third-order valence-electron chi connectivity index (χ3n) is 8.91. The van der Waals surface area contributed by atoms with E-state index in [0.717, 1.165) is 16.7 Å². The summed E-state index contributed by atoms with van der Waals surface area (Å²) in [6.07, 6.45) is 0. The lowest BCUT2D eigenvalue weighted by atomic mass is 10.0. The molecule has 6 aromatic carbocycles. The van der Waals surface area contributed by atoms with E-state index < -0.39 is 8.07 Å². The number of para-hydroxylation sites is 2. The van der Waals surface area contributed by atoms with Crippen molar-refractivity contribution in [3.8, 4) is 28.6 Å². The Morgan fingerprint density at radius 2 is 0.977 bits per heavy atom. The van der Waals surface area contributed by atoms with Crippen LogP contribution in [-0.2, 0) is 0 Å². The van der Waals surface area contributed by atoms with Gasteiger partial charge in [-0.05, 0) is 83.9 Å². The van der Waals surface area contributed by atoms with Crippen LogP contribution < -0.4 is 5.19 Å². The van der Waals surface area contributed by atoms with Crippen LogP contribution in [-0.4, -0.2) is 17.2 Å². The van der Waals surface area contributed by atoms with Crippen molar-refractivity contribution in [2.75, 3.05) is 0 Å². The second kappa shape index (κ2) is 9.84. The Bertz CT molecular complexity index is 2410. The summed E-state index contributed by atoms with van der Waals surface area (Å²) in [4.78, 5) is 0. The predicted octanol–water partition coefficient (Wildman–Crippen LogP) is 9.96. The highest BCUT2D eigenvalue weighted by molar-refractivity contribution is 6.88. The molecule has 0 fully saturated rings. The summed E-state index contributed by atoms with van der Waals surface area (Å²) in [7, 11) is -1.50. The largest absolute Gasteiger partial charge is 0.309 e. The minimum Gasteiger partial charge on any atom is -0.309 e. The molecule has 0 N–H and O–H groups in total. The molecule has 4 heteroatoms. The molecule has 0 saturated heterocycles. The maximum atomic E-state index is 9.32. The molecular formula is C40H31N3Si. The molecule has 0 aliphatic carbocycles. The Morgan fingerprint density at radius 1 is 0.477 bits per heavy atom. The number of nitrogens with zero attached hydrogens (tertiary/aromatic N) is 3. The SMILES string of the molecule is C[Si](C)(C)c1ccc2c(c1)c1cc(-c3ccc4c(c3)c3ccccc3n4-c3ccc(C#N)cc3)ccc1n2-c1ccccc1. The van der Waals surface area contributed by atoms with E-state index in [9.17, 15) is 5.26 Å². The van der Waals surface area contributed by atoms with Crippen molar-refractivity contribution in [2.24, 2.45) is 0 Å².